The molecule has 312 valence electrons. The van der Waals surface area contributed by atoms with E-state index < -0.39 is 101 Å². The molecule has 8 rings (SSSR count). The summed E-state index contributed by atoms with van der Waals surface area (Å²) >= 11 is 0.595. The molecule has 59 heavy (non-hydrogen) atoms. The van der Waals surface area contributed by atoms with Gasteiger partial charge in [0.05, 0.1) is 31.5 Å². The zero-order valence-electron chi connectivity index (χ0n) is 30.6. The van der Waals surface area contributed by atoms with Crippen LogP contribution in [0, 0.1) is 6.92 Å². The molecule has 4 aliphatic heterocycles. The highest BCUT2D eigenvalue weighted by molar-refractivity contribution is 8.54. The molecule has 4 aliphatic rings. The number of carbonyl (C=O) groups is 3. The standard InChI is InChI=1S/C35H34F2N6O13P2S/c1-18-2-6-20(7-3-18)35(46)52-22-8-4-19(5-9-22)15-59-58(49)51-13-23-26(36)30(34(53-23)42-11-10-21(44)12-25(42)45)55-57(47,48)50-14-24-29(56-58)27(37)33(54-24)43-17-41-28-31(38)39-16-40-32(28)43/h2-11,16-17,23-24,26-27,29-30,33-34H,12-15H2,1H3,(H,47,48)(H2,38,39,40)/t23-,24-,26-,27-,29-,30-,33-,34-,58+/m1/s1. The van der Waals surface area contributed by atoms with Crippen LogP contribution in [-0.4, -0.2) is 103 Å². The monoisotopic (exact) mass is 878 g/mol. The van der Waals surface area contributed by atoms with Crippen molar-refractivity contribution >= 4 is 60.6 Å². The minimum absolute atomic E-state index is 0.0101. The highest BCUT2D eigenvalue weighted by Gasteiger charge is 2.56. The number of alkyl halides is 2. The molecule has 1 amide bonds. The number of hydrogen-bond acceptors (Lipinski definition) is 17. The van der Waals surface area contributed by atoms with Gasteiger partial charge < -0.3 is 24.8 Å². The first kappa shape index (κ1) is 41.3. The Morgan fingerprint density at radius 3 is 2.42 bits per heavy atom. The molecule has 0 saturated carbocycles. The van der Waals surface area contributed by atoms with E-state index in [-0.39, 0.29) is 28.5 Å². The first-order valence-corrected chi connectivity index (χ1v) is 22.5. The molecule has 3 N–H and O–H groups in total. The largest absolute Gasteiger partial charge is 0.472 e. The molecule has 0 aliphatic carbocycles. The minimum atomic E-state index is -5.28. The molecule has 0 spiro atoms. The second-order valence-electron chi connectivity index (χ2n) is 13.7. The number of anilines is 1. The summed E-state index contributed by atoms with van der Waals surface area (Å²) in [6, 6.07) is 13.0. The van der Waals surface area contributed by atoms with Gasteiger partial charge in [0, 0.05) is 12.0 Å². The maximum Gasteiger partial charge on any atom is 0.472 e. The van der Waals surface area contributed by atoms with Gasteiger partial charge in [0.25, 0.3) is 0 Å². The molecule has 19 nitrogen and oxygen atoms in total. The number of ether oxygens (including phenoxy) is 3. The Hall–Kier alpha value is -4.47. The maximum atomic E-state index is 16.7. The van der Waals surface area contributed by atoms with Gasteiger partial charge in [-0.15, -0.1) is 0 Å². The Morgan fingerprint density at radius 1 is 0.949 bits per heavy atom. The second-order valence-corrected chi connectivity index (χ2v) is 19.1. The Bertz CT molecular complexity index is 2390. The van der Waals surface area contributed by atoms with Crippen LogP contribution in [0.25, 0.3) is 11.2 Å². The minimum Gasteiger partial charge on any atom is -0.423 e. The SMILES string of the molecule is Cc1ccc(C(=O)Oc2ccc(CS[P@@]3(=O)OC[C@H]4O[C@@H](N5C=CC(=O)CC5=O)[C@H](OP(=O)(O)OC[C@H]5O[C@@H](n6cnc7c(N)ncnc76)[C@H](F)[C@@H]5O3)[C@@H]4F)cc2)cc1. The smallest absolute Gasteiger partial charge is 0.423 e. The van der Waals surface area contributed by atoms with E-state index in [1.807, 2.05) is 6.92 Å². The maximum absolute atomic E-state index is 16.7. The van der Waals surface area contributed by atoms with Gasteiger partial charge >= 0.3 is 20.6 Å². The van der Waals surface area contributed by atoms with Crippen molar-refractivity contribution < 1.29 is 69.5 Å². The van der Waals surface area contributed by atoms with Crippen LogP contribution in [0.5, 0.6) is 5.75 Å². The number of aromatic nitrogens is 4. The molecule has 3 fully saturated rings. The third kappa shape index (κ3) is 8.74. The number of imidazole rings is 1. The number of hydrogen-bond donors (Lipinski definition) is 2. The molecule has 0 radical (unpaired) electrons. The number of benzene rings is 2. The van der Waals surface area contributed by atoms with E-state index in [2.05, 4.69) is 15.0 Å². The van der Waals surface area contributed by atoms with E-state index in [1.165, 1.54) is 23.0 Å². The number of phosphoric acid groups is 1. The van der Waals surface area contributed by atoms with Gasteiger partial charge in [-0.3, -0.25) is 37.2 Å². The number of aryl methyl sites for hydroxylation is 1. The fourth-order valence-corrected chi connectivity index (χ4v) is 10.9. The number of esters is 1. The predicted molar refractivity (Wildman–Crippen MR) is 201 cm³/mol. The van der Waals surface area contributed by atoms with Crippen molar-refractivity contribution in [2.24, 2.45) is 0 Å². The Kier molecular flexibility index (Phi) is 11.6. The first-order valence-electron chi connectivity index (χ1n) is 17.8. The van der Waals surface area contributed by atoms with Crippen LogP contribution in [0.2, 0.25) is 0 Å². The number of nitrogens with two attached hydrogens (primary N) is 1. The van der Waals surface area contributed by atoms with Gasteiger partial charge in [-0.2, -0.15) is 0 Å². The number of carbonyl (C=O) groups excluding carboxylic acids is 3. The van der Waals surface area contributed by atoms with Crippen LogP contribution >= 0.6 is 26.0 Å². The van der Waals surface area contributed by atoms with Crippen molar-refractivity contribution in [3.63, 3.8) is 0 Å². The van der Waals surface area contributed by atoms with Gasteiger partial charge in [-0.1, -0.05) is 29.8 Å². The summed E-state index contributed by atoms with van der Waals surface area (Å²) in [4.78, 5) is 61.1. The summed E-state index contributed by atoms with van der Waals surface area (Å²) in [6.07, 6.45) is -11.1. The Morgan fingerprint density at radius 2 is 1.68 bits per heavy atom. The lowest BCUT2D eigenvalue weighted by Crippen LogP contribution is -2.46. The number of fused-ring (bicyclic) bond motifs is 4. The van der Waals surface area contributed by atoms with Crippen molar-refractivity contribution in [1.82, 2.24) is 24.4 Å². The molecule has 24 heteroatoms. The number of rotatable bonds is 7. The second kappa shape index (κ2) is 16.5. The van der Waals surface area contributed by atoms with E-state index in [0.717, 1.165) is 29.1 Å². The van der Waals surface area contributed by atoms with Gasteiger partial charge in [0.15, 0.2) is 42.0 Å². The number of halogens is 2. The number of allylic oxidation sites excluding steroid dienone is 1. The van der Waals surface area contributed by atoms with Crippen LogP contribution in [0.4, 0.5) is 14.6 Å². The average molecular weight is 879 g/mol. The molecule has 4 aromatic rings. The summed E-state index contributed by atoms with van der Waals surface area (Å²) < 4.78 is 101. The summed E-state index contributed by atoms with van der Waals surface area (Å²) in [7, 11) is -5.28. The molecular formula is C35H34F2N6O13P2S. The molecule has 6 heterocycles. The number of amides is 1. The zero-order chi connectivity index (χ0) is 41.6. The molecule has 1 unspecified atom stereocenters. The highest BCUT2D eigenvalue weighted by Crippen LogP contribution is 2.64. The number of nitrogen functional groups attached to an aromatic ring is 1. The summed E-state index contributed by atoms with van der Waals surface area (Å²) in [6.45, 7) is -4.52. The molecule has 2 aromatic heterocycles. The van der Waals surface area contributed by atoms with Crippen LogP contribution in [-0.2, 0) is 52.0 Å². The van der Waals surface area contributed by atoms with Crippen LogP contribution < -0.4 is 10.5 Å². The number of nitrogens with zero attached hydrogens (tertiary/aromatic N) is 5. The third-order valence-electron chi connectivity index (χ3n) is 9.62. The van der Waals surface area contributed by atoms with Crippen molar-refractivity contribution in [1.29, 1.82) is 0 Å². The van der Waals surface area contributed by atoms with E-state index in [1.54, 1.807) is 36.4 Å². The third-order valence-corrected chi connectivity index (χ3v) is 14.3. The van der Waals surface area contributed by atoms with Crippen molar-refractivity contribution in [2.45, 2.75) is 68.3 Å². The van der Waals surface area contributed by atoms with Crippen LogP contribution in [0.15, 0.2) is 73.5 Å². The van der Waals surface area contributed by atoms with E-state index in [4.69, 9.17) is 38.0 Å². The Balaban J connectivity index is 1.07. The molecule has 10 atom stereocenters. The fraction of sp³-hybridized carbons (Fsp3) is 0.371. The van der Waals surface area contributed by atoms with E-state index in [0.29, 0.717) is 22.5 Å². The van der Waals surface area contributed by atoms with Crippen LogP contribution in [0.1, 0.15) is 34.1 Å². The van der Waals surface area contributed by atoms with Crippen molar-refractivity contribution in [2.75, 3.05) is 18.9 Å². The lowest BCUT2D eigenvalue weighted by atomic mass is 10.1. The van der Waals surface area contributed by atoms with Crippen LogP contribution in [0.3, 0.4) is 0 Å². The van der Waals surface area contributed by atoms with Gasteiger partial charge in [-0.05, 0) is 54.2 Å². The zero-order valence-corrected chi connectivity index (χ0v) is 33.2. The molecule has 2 aromatic carbocycles. The summed E-state index contributed by atoms with van der Waals surface area (Å²) in [5, 5.41) is 0. The molecular weight excluding hydrogens is 844 g/mol. The lowest BCUT2D eigenvalue weighted by Gasteiger charge is -2.31. The Labute approximate surface area is 337 Å². The average Bonchev–Trinajstić information content (AvgIpc) is 3.86. The van der Waals surface area contributed by atoms with Crippen molar-refractivity contribution in [3.05, 3.63) is 90.2 Å². The fourth-order valence-electron chi connectivity index (χ4n) is 6.60. The van der Waals surface area contributed by atoms with E-state index >= 15 is 8.78 Å². The summed E-state index contributed by atoms with van der Waals surface area (Å²) in [5.41, 5.74) is 7.93. The quantitative estimate of drug-likeness (QED) is 0.112. The predicted octanol–water partition coefficient (Wildman–Crippen LogP) is 4.51. The lowest BCUT2D eigenvalue weighted by molar-refractivity contribution is -0.148. The number of phosphoric ester groups is 1. The highest BCUT2D eigenvalue weighted by atomic mass is 32.7. The number of ketones is 1. The van der Waals surface area contributed by atoms with Gasteiger partial charge in [-0.25, -0.2) is 37.7 Å². The van der Waals surface area contributed by atoms with Gasteiger partial charge in [0.2, 0.25) is 5.91 Å². The first-order chi connectivity index (χ1) is 28.2. The van der Waals surface area contributed by atoms with Gasteiger partial charge in [0.1, 0.15) is 42.0 Å². The topological polar surface area (TPSA) is 243 Å². The summed E-state index contributed by atoms with van der Waals surface area (Å²) in [5.74, 6) is -1.84. The molecule has 2 bridgehead atoms. The molecule has 3 saturated heterocycles. The van der Waals surface area contributed by atoms with Crippen molar-refractivity contribution in [3.8, 4) is 5.75 Å². The van der Waals surface area contributed by atoms with E-state index in [9.17, 15) is 28.4 Å². The normalized spacial score (nSPS) is 32.6.